The summed E-state index contributed by atoms with van der Waals surface area (Å²) in [5.74, 6) is -0.692. The molecule has 0 fully saturated rings. The van der Waals surface area contributed by atoms with Crippen LogP contribution in [0, 0.1) is 0 Å². The van der Waals surface area contributed by atoms with Gasteiger partial charge in [-0.1, -0.05) is 24.3 Å². The first-order valence-electron chi connectivity index (χ1n) is 10.2. The Labute approximate surface area is 189 Å². The van der Waals surface area contributed by atoms with E-state index in [-0.39, 0.29) is 24.7 Å². The fourth-order valence-corrected chi connectivity index (χ4v) is 3.14. The van der Waals surface area contributed by atoms with Crippen molar-refractivity contribution in [2.45, 2.75) is 45.3 Å². The van der Waals surface area contributed by atoms with Crippen molar-refractivity contribution in [1.82, 2.24) is 15.2 Å². The van der Waals surface area contributed by atoms with Gasteiger partial charge in [-0.2, -0.15) is 0 Å². The largest absolute Gasteiger partial charge is 0.573 e. The predicted molar refractivity (Wildman–Crippen MR) is 114 cm³/mol. The molecule has 1 aliphatic heterocycles. The number of pyridine rings is 1. The first-order valence-corrected chi connectivity index (χ1v) is 10.2. The first kappa shape index (κ1) is 24.1. The lowest BCUT2D eigenvalue weighted by atomic mass is 10.1. The minimum atomic E-state index is -4.75. The minimum absolute atomic E-state index is 0.106. The second-order valence-corrected chi connectivity index (χ2v) is 8.33. The monoisotopic (exact) mass is 463 g/mol. The molecule has 0 saturated carbocycles. The van der Waals surface area contributed by atoms with Crippen LogP contribution in [0.25, 0.3) is 11.1 Å². The van der Waals surface area contributed by atoms with Crippen LogP contribution in [0.15, 0.2) is 54.7 Å². The van der Waals surface area contributed by atoms with E-state index in [9.17, 15) is 22.8 Å². The van der Waals surface area contributed by atoms with Gasteiger partial charge in [0.15, 0.2) is 0 Å². The molecular weight excluding hydrogens is 439 g/mol. The van der Waals surface area contributed by atoms with Gasteiger partial charge in [0, 0.05) is 12.7 Å². The summed E-state index contributed by atoms with van der Waals surface area (Å²) in [4.78, 5) is 30.6. The summed E-state index contributed by atoms with van der Waals surface area (Å²) in [6.07, 6.45) is -0.436. The molecule has 0 radical (unpaired) electrons. The molecule has 10 heteroatoms. The molecule has 2 aromatic rings. The van der Waals surface area contributed by atoms with Crippen LogP contribution in [-0.4, -0.2) is 46.4 Å². The third kappa shape index (κ3) is 6.96. The predicted octanol–water partition coefficient (Wildman–Crippen LogP) is 4.44. The molecule has 1 aromatic heterocycles. The van der Waals surface area contributed by atoms with E-state index in [4.69, 9.17) is 4.74 Å². The molecule has 2 amide bonds. The molecule has 0 aliphatic carbocycles. The van der Waals surface area contributed by atoms with Crippen molar-refractivity contribution < 1.29 is 32.2 Å². The number of carbonyl (C=O) groups excluding carboxylic acids is 2. The van der Waals surface area contributed by atoms with Gasteiger partial charge in [-0.25, -0.2) is 4.79 Å². The maximum absolute atomic E-state index is 12.7. The zero-order chi connectivity index (χ0) is 24.2. The van der Waals surface area contributed by atoms with Crippen molar-refractivity contribution in [2.75, 3.05) is 6.54 Å². The van der Waals surface area contributed by atoms with E-state index in [0.29, 0.717) is 16.8 Å². The first-order chi connectivity index (χ1) is 15.4. The number of hydrogen-bond donors (Lipinski definition) is 1. The quantitative estimate of drug-likeness (QED) is 0.664. The zero-order valence-electron chi connectivity index (χ0n) is 18.3. The van der Waals surface area contributed by atoms with Crippen molar-refractivity contribution in [2.24, 2.45) is 0 Å². The second kappa shape index (κ2) is 9.51. The number of halogens is 3. The maximum Gasteiger partial charge on any atom is 0.573 e. The highest BCUT2D eigenvalue weighted by molar-refractivity contribution is 5.88. The average Bonchev–Trinajstić information content (AvgIpc) is 3.21. The van der Waals surface area contributed by atoms with Crippen LogP contribution >= 0.6 is 0 Å². The van der Waals surface area contributed by atoms with Crippen LogP contribution in [0.3, 0.4) is 0 Å². The molecule has 1 aromatic carbocycles. The molecule has 176 valence electrons. The smallest absolute Gasteiger partial charge is 0.444 e. The number of ether oxygens (including phenoxy) is 2. The van der Waals surface area contributed by atoms with Crippen LogP contribution in [0.5, 0.6) is 5.75 Å². The van der Waals surface area contributed by atoms with Crippen LogP contribution in [0.2, 0.25) is 0 Å². The molecular formula is C23H24F3N3O4. The molecule has 3 rings (SSSR count). The van der Waals surface area contributed by atoms with Gasteiger partial charge >= 0.3 is 12.5 Å². The highest BCUT2D eigenvalue weighted by Crippen LogP contribution is 2.26. The van der Waals surface area contributed by atoms with E-state index in [1.165, 1.54) is 29.2 Å². The van der Waals surface area contributed by atoms with Gasteiger partial charge < -0.3 is 14.8 Å². The summed E-state index contributed by atoms with van der Waals surface area (Å²) in [7, 11) is 0. The molecule has 0 spiro atoms. The summed E-state index contributed by atoms with van der Waals surface area (Å²) in [5.41, 5.74) is 1.24. The van der Waals surface area contributed by atoms with Gasteiger partial charge in [-0.15, -0.1) is 13.2 Å². The van der Waals surface area contributed by atoms with Crippen LogP contribution in [0.4, 0.5) is 18.0 Å². The summed E-state index contributed by atoms with van der Waals surface area (Å²) in [6.45, 7) is 5.63. The number of rotatable bonds is 5. The van der Waals surface area contributed by atoms with E-state index in [1.54, 1.807) is 51.3 Å². The third-order valence-corrected chi connectivity index (χ3v) is 4.53. The average molecular weight is 463 g/mol. The van der Waals surface area contributed by atoms with Crippen molar-refractivity contribution >= 4 is 12.0 Å². The molecule has 0 bridgehead atoms. The molecule has 7 nitrogen and oxygen atoms in total. The van der Waals surface area contributed by atoms with Gasteiger partial charge in [0.1, 0.15) is 17.4 Å². The summed E-state index contributed by atoms with van der Waals surface area (Å²) in [6, 6.07) is 8.08. The molecule has 2 heterocycles. The van der Waals surface area contributed by atoms with Gasteiger partial charge in [0.25, 0.3) is 0 Å². The van der Waals surface area contributed by atoms with Gasteiger partial charge in [-0.3, -0.25) is 14.7 Å². The Morgan fingerprint density at radius 1 is 1.12 bits per heavy atom. The lowest BCUT2D eigenvalue weighted by Gasteiger charge is -2.28. The highest BCUT2D eigenvalue weighted by Gasteiger charge is 2.33. The van der Waals surface area contributed by atoms with Crippen molar-refractivity contribution in [1.29, 1.82) is 0 Å². The van der Waals surface area contributed by atoms with E-state index in [1.807, 2.05) is 0 Å². The number of carbonyl (C=O) groups is 2. The Bertz CT molecular complexity index is 1030. The second-order valence-electron chi connectivity index (χ2n) is 8.33. The van der Waals surface area contributed by atoms with E-state index < -0.39 is 24.1 Å². The standard InChI is InChI=1S/C23H24F3N3O4/c1-22(2,3)33-21(31)29-12-4-5-19(29)20(30)28-14-17-13-16(10-11-27-17)15-6-8-18(9-7-15)32-23(24,25)26/h4-11,13,19H,12,14H2,1-3H3,(H,28,30). The number of nitrogens with zero attached hydrogens (tertiary/aromatic N) is 2. The topological polar surface area (TPSA) is 80.8 Å². The summed E-state index contributed by atoms with van der Waals surface area (Å²) >= 11 is 0. The molecule has 1 N–H and O–H groups in total. The van der Waals surface area contributed by atoms with Gasteiger partial charge in [0.05, 0.1) is 12.2 Å². The number of alkyl halides is 3. The highest BCUT2D eigenvalue weighted by atomic mass is 19.4. The van der Waals surface area contributed by atoms with E-state index in [2.05, 4.69) is 15.0 Å². The summed E-state index contributed by atoms with van der Waals surface area (Å²) < 4.78 is 46.2. The lowest BCUT2D eigenvalue weighted by Crippen LogP contribution is -2.47. The Morgan fingerprint density at radius 3 is 2.45 bits per heavy atom. The molecule has 0 saturated heterocycles. The number of hydrogen-bond acceptors (Lipinski definition) is 5. The van der Waals surface area contributed by atoms with E-state index >= 15 is 0 Å². The van der Waals surface area contributed by atoms with Gasteiger partial charge in [-0.05, 0) is 56.2 Å². The lowest BCUT2D eigenvalue weighted by molar-refractivity contribution is -0.274. The Morgan fingerprint density at radius 2 is 1.82 bits per heavy atom. The number of aromatic nitrogens is 1. The fourth-order valence-electron chi connectivity index (χ4n) is 3.14. The maximum atomic E-state index is 12.7. The van der Waals surface area contributed by atoms with Gasteiger partial charge in [0.2, 0.25) is 5.91 Å². The SMILES string of the molecule is CC(C)(C)OC(=O)N1CC=CC1C(=O)NCc1cc(-c2ccc(OC(F)(F)F)cc2)ccn1. The minimum Gasteiger partial charge on any atom is -0.444 e. The Kier molecular flexibility index (Phi) is 6.95. The van der Waals surface area contributed by atoms with Crippen LogP contribution < -0.4 is 10.1 Å². The summed E-state index contributed by atoms with van der Waals surface area (Å²) in [5, 5.41) is 2.75. The van der Waals surface area contributed by atoms with Crippen LogP contribution in [-0.2, 0) is 16.1 Å². The van der Waals surface area contributed by atoms with Crippen molar-refractivity contribution in [3.05, 3.63) is 60.4 Å². The van der Waals surface area contributed by atoms with Crippen molar-refractivity contribution in [3.8, 4) is 16.9 Å². The van der Waals surface area contributed by atoms with E-state index in [0.717, 1.165) is 0 Å². The zero-order valence-corrected chi connectivity index (χ0v) is 18.3. The van der Waals surface area contributed by atoms with Crippen LogP contribution in [0.1, 0.15) is 26.5 Å². The number of benzene rings is 1. The Balaban J connectivity index is 1.62. The molecule has 1 atom stereocenters. The Hall–Kier alpha value is -3.56. The number of nitrogens with one attached hydrogen (secondary N) is 1. The normalized spacial score (nSPS) is 15.9. The molecule has 33 heavy (non-hydrogen) atoms. The third-order valence-electron chi connectivity index (χ3n) is 4.53. The molecule has 1 aliphatic rings. The molecule has 1 unspecified atom stereocenters. The fraction of sp³-hybridized carbons (Fsp3) is 0.348. The van der Waals surface area contributed by atoms with Crippen molar-refractivity contribution in [3.63, 3.8) is 0 Å². The number of amides is 2.